The number of carboxylic acid groups (broad SMARTS) is 1. The summed E-state index contributed by atoms with van der Waals surface area (Å²) in [6, 6.07) is 5.79. The summed E-state index contributed by atoms with van der Waals surface area (Å²) in [6.07, 6.45) is 0. The summed E-state index contributed by atoms with van der Waals surface area (Å²) in [5.74, 6) is -1.35. The van der Waals surface area contributed by atoms with E-state index in [0.717, 1.165) is 17.0 Å². The number of thiophene rings is 1. The molecule has 1 heterocycles. The molecule has 0 amide bonds. The van der Waals surface area contributed by atoms with Crippen molar-refractivity contribution in [2.24, 2.45) is 0 Å². The molecule has 0 unspecified atom stereocenters. The fourth-order valence-electron chi connectivity index (χ4n) is 1.57. The number of benzene rings is 1. The summed E-state index contributed by atoms with van der Waals surface area (Å²) in [6.45, 7) is 0.0885. The lowest BCUT2D eigenvalue weighted by Gasteiger charge is -2.10. The number of carboxylic acids is 1. The number of aromatic carboxylic acids is 1. The number of rotatable bonds is 5. The fourth-order valence-corrected chi connectivity index (χ4v) is 4.21. The van der Waals surface area contributed by atoms with E-state index < -0.39 is 16.0 Å². The quantitative estimate of drug-likeness (QED) is 0.851. The molecule has 0 saturated heterocycles. The first kappa shape index (κ1) is 16.3. The molecule has 0 aliphatic carbocycles. The Hall–Kier alpha value is -1.12. The Bertz CT molecular complexity index is 773. The lowest BCUT2D eigenvalue weighted by atomic mass is 10.2. The molecule has 0 radical (unpaired) electrons. The summed E-state index contributed by atoms with van der Waals surface area (Å²) in [7, 11) is -3.97. The number of hydrogen-bond acceptors (Lipinski definition) is 4. The van der Waals surface area contributed by atoms with Gasteiger partial charge in [-0.2, -0.15) is 0 Å². The monoisotopic (exact) mass is 365 g/mol. The van der Waals surface area contributed by atoms with Crippen LogP contribution in [-0.2, 0) is 16.6 Å². The topological polar surface area (TPSA) is 83.5 Å². The van der Waals surface area contributed by atoms with Crippen LogP contribution in [0.5, 0.6) is 0 Å². The predicted octanol–water partition coefficient (Wildman–Crippen LogP) is 3.23. The average molecular weight is 366 g/mol. The molecule has 112 valence electrons. The van der Waals surface area contributed by atoms with E-state index in [0.29, 0.717) is 0 Å². The van der Waals surface area contributed by atoms with Crippen LogP contribution in [0.2, 0.25) is 10.0 Å². The van der Waals surface area contributed by atoms with Crippen LogP contribution in [0.25, 0.3) is 0 Å². The van der Waals surface area contributed by atoms with Crippen molar-refractivity contribution in [1.82, 2.24) is 4.72 Å². The van der Waals surface area contributed by atoms with Gasteiger partial charge in [-0.1, -0.05) is 29.3 Å². The van der Waals surface area contributed by atoms with E-state index in [9.17, 15) is 13.2 Å². The van der Waals surface area contributed by atoms with E-state index >= 15 is 0 Å². The summed E-state index contributed by atoms with van der Waals surface area (Å²) in [5, 5.41) is 10.4. The van der Waals surface area contributed by atoms with Crippen LogP contribution < -0.4 is 4.72 Å². The molecule has 0 aliphatic heterocycles. The summed E-state index contributed by atoms with van der Waals surface area (Å²) in [4.78, 5) is 11.5. The zero-order valence-electron chi connectivity index (χ0n) is 10.3. The van der Waals surface area contributed by atoms with Crippen LogP contribution in [0.1, 0.15) is 15.2 Å². The highest BCUT2D eigenvalue weighted by atomic mass is 35.5. The highest BCUT2D eigenvalue weighted by Crippen LogP contribution is 2.29. The third-order valence-electron chi connectivity index (χ3n) is 2.54. The van der Waals surface area contributed by atoms with Crippen LogP contribution in [0.3, 0.4) is 0 Å². The third-order valence-corrected chi connectivity index (χ3v) is 5.58. The Balaban J connectivity index is 2.37. The molecule has 1 aromatic heterocycles. The van der Waals surface area contributed by atoms with E-state index in [1.807, 2.05) is 5.38 Å². The molecule has 0 saturated carbocycles. The Kier molecular flexibility index (Phi) is 4.90. The Morgan fingerprint density at radius 2 is 2.05 bits per heavy atom. The van der Waals surface area contributed by atoms with Gasteiger partial charge in [0.15, 0.2) is 0 Å². The van der Waals surface area contributed by atoms with Crippen LogP contribution in [0.4, 0.5) is 0 Å². The zero-order valence-corrected chi connectivity index (χ0v) is 13.5. The molecule has 5 nitrogen and oxygen atoms in total. The molecule has 21 heavy (non-hydrogen) atoms. The molecular formula is C12H9Cl2NO4S2. The second-order valence-electron chi connectivity index (χ2n) is 3.97. The van der Waals surface area contributed by atoms with Crippen molar-refractivity contribution in [3.8, 4) is 0 Å². The van der Waals surface area contributed by atoms with Crippen LogP contribution in [-0.4, -0.2) is 19.5 Å². The number of halogens is 2. The molecule has 9 heteroatoms. The maximum atomic E-state index is 12.2. The van der Waals surface area contributed by atoms with Gasteiger partial charge in [0.2, 0.25) is 10.0 Å². The highest BCUT2D eigenvalue weighted by molar-refractivity contribution is 7.89. The minimum atomic E-state index is -3.97. The Labute approximate surface area is 135 Å². The molecule has 2 N–H and O–H groups in total. The van der Waals surface area contributed by atoms with Gasteiger partial charge >= 0.3 is 5.97 Å². The molecule has 0 aliphatic rings. The van der Waals surface area contributed by atoms with Crippen molar-refractivity contribution >= 4 is 50.5 Å². The predicted molar refractivity (Wildman–Crippen MR) is 81.8 cm³/mol. The lowest BCUT2D eigenvalue weighted by Crippen LogP contribution is -2.23. The van der Waals surface area contributed by atoms with E-state index in [2.05, 4.69) is 4.72 Å². The SMILES string of the molecule is O=C(O)c1cc(Cl)cc(S(=O)(=O)NCc2cccs2)c1Cl. The number of hydrogen-bond donors (Lipinski definition) is 2. The van der Waals surface area contributed by atoms with Gasteiger partial charge in [0.25, 0.3) is 0 Å². The molecule has 2 rings (SSSR count). The second-order valence-corrected chi connectivity index (χ2v) is 7.56. The summed E-state index contributed by atoms with van der Waals surface area (Å²) < 4.78 is 26.8. The van der Waals surface area contributed by atoms with Gasteiger partial charge in [-0.25, -0.2) is 17.9 Å². The van der Waals surface area contributed by atoms with Crippen molar-refractivity contribution in [3.05, 3.63) is 50.1 Å². The maximum Gasteiger partial charge on any atom is 0.337 e. The van der Waals surface area contributed by atoms with Gasteiger partial charge in [0, 0.05) is 16.4 Å². The fraction of sp³-hybridized carbons (Fsp3) is 0.0833. The van der Waals surface area contributed by atoms with E-state index in [1.54, 1.807) is 12.1 Å². The molecule has 0 atom stereocenters. The first-order chi connectivity index (χ1) is 9.81. The van der Waals surface area contributed by atoms with Gasteiger partial charge in [0.1, 0.15) is 4.90 Å². The van der Waals surface area contributed by atoms with E-state index in [4.69, 9.17) is 28.3 Å². The van der Waals surface area contributed by atoms with Gasteiger partial charge in [-0.15, -0.1) is 11.3 Å². The molecule has 0 spiro atoms. The summed E-state index contributed by atoms with van der Waals surface area (Å²) >= 11 is 13.0. The van der Waals surface area contributed by atoms with E-state index in [1.165, 1.54) is 11.3 Å². The second kappa shape index (κ2) is 6.33. The largest absolute Gasteiger partial charge is 0.478 e. The molecule has 0 fully saturated rings. The van der Waals surface area contributed by atoms with Crippen molar-refractivity contribution in [1.29, 1.82) is 0 Å². The van der Waals surface area contributed by atoms with Gasteiger partial charge in [0.05, 0.1) is 10.6 Å². The number of nitrogens with one attached hydrogen (secondary N) is 1. The van der Waals surface area contributed by atoms with Crippen LogP contribution in [0.15, 0.2) is 34.5 Å². The van der Waals surface area contributed by atoms with Crippen molar-refractivity contribution < 1.29 is 18.3 Å². The maximum absolute atomic E-state index is 12.2. The van der Waals surface area contributed by atoms with Crippen molar-refractivity contribution in [3.63, 3.8) is 0 Å². The third kappa shape index (κ3) is 3.75. The Morgan fingerprint density at radius 1 is 1.33 bits per heavy atom. The number of carbonyl (C=O) groups is 1. The van der Waals surface area contributed by atoms with E-state index in [-0.39, 0.29) is 27.0 Å². The van der Waals surface area contributed by atoms with Crippen LogP contribution in [0, 0.1) is 0 Å². The van der Waals surface area contributed by atoms with Crippen molar-refractivity contribution in [2.45, 2.75) is 11.4 Å². The molecule has 1 aromatic carbocycles. The number of sulfonamides is 1. The molecule has 2 aromatic rings. The van der Waals surface area contributed by atoms with Crippen LogP contribution >= 0.6 is 34.5 Å². The minimum absolute atomic E-state index is 0.0201. The Morgan fingerprint density at radius 3 is 2.62 bits per heavy atom. The minimum Gasteiger partial charge on any atom is -0.478 e. The first-order valence-electron chi connectivity index (χ1n) is 5.55. The van der Waals surface area contributed by atoms with Crippen molar-refractivity contribution in [2.75, 3.05) is 0 Å². The van der Waals surface area contributed by atoms with Gasteiger partial charge in [-0.3, -0.25) is 0 Å². The standard InChI is InChI=1S/C12H9Cl2NO4S2/c13-7-4-9(12(16)17)11(14)10(5-7)21(18,19)15-6-8-2-1-3-20-8/h1-5,15H,6H2,(H,16,17). The molecular weight excluding hydrogens is 357 g/mol. The highest BCUT2D eigenvalue weighted by Gasteiger charge is 2.23. The first-order valence-corrected chi connectivity index (χ1v) is 8.67. The van der Waals surface area contributed by atoms with Gasteiger partial charge < -0.3 is 5.11 Å². The summed E-state index contributed by atoms with van der Waals surface area (Å²) in [5.41, 5.74) is -0.360. The van der Waals surface area contributed by atoms with Gasteiger partial charge in [-0.05, 0) is 23.6 Å². The lowest BCUT2D eigenvalue weighted by molar-refractivity contribution is 0.0697. The average Bonchev–Trinajstić information content (AvgIpc) is 2.91. The normalized spacial score (nSPS) is 11.5. The molecule has 0 bridgehead atoms. The zero-order chi connectivity index (χ0) is 15.6. The smallest absolute Gasteiger partial charge is 0.337 e.